The van der Waals surface area contributed by atoms with Crippen molar-refractivity contribution in [3.8, 4) is 0 Å². The Labute approximate surface area is 351 Å². The zero-order chi connectivity index (χ0) is 44.7. The fourth-order valence-electron chi connectivity index (χ4n) is 6.68. The van der Waals surface area contributed by atoms with Crippen LogP contribution in [0.5, 0.6) is 0 Å². The highest BCUT2D eigenvalue weighted by Crippen LogP contribution is 2.28. The molecule has 2 unspecified atom stereocenters. The first kappa shape index (κ1) is 50.3. The molecular weight excluding hydrogens is 751 g/mol. The molecule has 0 aliphatic rings. The predicted molar refractivity (Wildman–Crippen MR) is 230 cm³/mol. The Morgan fingerprint density at radius 2 is 0.695 bits per heavy atom. The topological polar surface area (TPSA) is 210 Å². The van der Waals surface area contributed by atoms with Crippen LogP contribution >= 0.6 is 0 Å². The van der Waals surface area contributed by atoms with Crippen molar-refractivity contribution in [2.45, 2.75) is 131 Å². The average Bonchev–Trinajstić information content (AvgIpc) is 3.18. The molecule has 8 atom stereocenters. The first-order chi connectivity index (χ1) is 27.6. The zero-order valence-electron chi connectivity index (χ0n) is 37.3. The lowest BCUT2D eigenvalue weighted by atomic mass is 9.91. The Hall–Kier alpha value is -4.82. The van der Waals surface area contributed by atoms with Gasteiger partial charge in [0.15, 0.2) is 0 Å². The number of nitrogens with two attached hydrogens (primary N) is 1. The smallest absolute Gasteiger partial charge is 0.328 e. The van der Waals surface area contributed by atoms with Gasteiger partial charge in [-0.3, -0.25) is 29.3 Å². The summed E-state index contributed by atoms with van der Waals surface area (Å²) < 4.78 is 4.85. The number of esters is 1. The van der Waals surface area contributed by atoms with Crippen molar-refractivity contribution in [1.29, 1.82) is 0 Å². The van der Waals surface area contributed by atoms with Gasteiger partial charge in [0.05, 0.1) is 19.2 Å². The fraction of sp³-hybridized carbons (Fsp3) is 0.600. The van der Waals surface area contributed by atoms with E-state index in [9.17, 15) is 28.8 Å². The highest BCUT2D eigenvalue weighted by molar-refractivity contribution is 5.96. The summed E-state index contributed by atoms with van der Waals surface area (Å²) in [4.78, 5) is 81.5. The van der Waals surface area contributed by atoms with E-state index in [-0.39, 0.29) is 23.7 Å². The maximum Gasteiger partial charge on any atom is 0.328 e. The van der Waals surface area contributed by atoms with E-state index < -0.39 is 95.7 Å². The molecule has 2 aromatic rings. The number of rotatable bonds is 22. The monoisotopic (exact) mass is 822 g/mol. The van der Waals surface area contributed by atoms with Crippen molar-refractivity contribution in [3.05, 3.63) is 71.8 Å². The second-order valence-corrected chi connectivity index (χ2v) is 17.4. The largest absolute Gasteiger partial charge is 0.467 e. The summed E-state index contributed by atoms with van der Waals surface area (Å²) >= 11 is 0. The first-order valence-corrected chi connectivity index (χ1v) is 20.8. The van der Waals surface area contributed by atoms with E-state index in [1.807, 2.05) is 74.5 Å². The van der Waals surface area contributed by atoms with E-state index in [2.05, 4.69) is 31.9 Å². The Bertz CT molecular complexity index is 1670. The predicted octanol–water partition coefficient (Wildman–Crippen LogP) is 3.92. The van der Waals surface area contributed by atoms with Crippen LogP contribution in [0.2, 0.25) is 0 Å². The van der Waals surface area contributed by atoms with Crippen LogP contribution in [-0.4, -0.2) is 78.9 Å². The summed E-state index contributed by atoms with van der Waals surface area (Å²) in [5.41, 5.74) is 8.64. The average molecular weight is 822 g/mol. The summed E-state index contributed by atoms with van der Waals surface area (Å²) in [6.07, 6.45) is 0. The van der Waals surface area contributed by atoms with E-state index in [1.54, 1.807) is 69.2 Å². The summed E-state index contributed by atoms with van der Waals surface area (Å²) in [5.74, 6) is -5.33. The molecule has 0 spiro atoms. The number of methoxy groups -OCH3 is 1. The lowest BCUT2D eigenvalue weighted by Gasteiger charge is -2.34. The second kappa shape index (κ2) is 23.7. The Balaban J connectivity index is 2.29. The van der Waals surface area contributed by atoms with Crippen molar-refractivity contribution in [1.82, 2.24) is 31.9 Å². The van der Waals surface area contributed by atoms with Crippen molar-refractivity contribution in [3.63, 3.8) is 0 Å². The zero-order valence-corrected chi connectivity index (χ0v) is 37.3. The molecule has 8 N–H and O–H groups in total. The molecule has 59 heavy (non-hydrogen) atoms. The van der Waals surface area contributed by atoms with Gasteiger partial charge in [0.1, 0.15) is 30.2 Å². The van der Waals surface area contributed by atoms with Gasteiger partial charge in [-0.2, -0.15) is 0 Å². The van der Waals surface area contributed by atoms with Gasteiger partial charge in [-0.1, -0.05) is 144 Å². The van der Waals surface area contributed by atoms with Gasteiger partial charge in [0.2, 0.25) is 29.5 Å². The normalized spacial score (nSPS) is 15.8. The first-order valence-electron chi connectivity index (χ1n) is 20.8. The second-order valence-electron chi connectivity index (χ2n) is 17.4. The van der Waals surface area contributed by atoms with Crippen LogP contribution < -0.4 is 37.6 Å². The molecule has 0 radical (unpaired) electrons. The van der Waals surface area contributed by atoms with Crippen molar-refractivity contribution < 1.29 is 33.5 Å². The van der Waals surface area contributed by atoms with Crippen molar-refractivity contribution in [2.75, 3.05) is 7.11 Å². The molecule has 0 fully saturated rings. The molecule has 0 aliphatic heterocycles. The number of benzene rings is 2. The van der Waals surface area contributed by atoms with E-state index in [1.165, 1.54) is 7.11 Å². The maximum absolute atomic E-state index is 14.1. The molecular formula is C45H71N7O7. The SMILES string of the molecule is COC(=O)[C@@H](NC(=O)[C@@H](NC(=O)[C@@H](NC(=O)[C@@H](NC(=O)[C@@H](NC(=O)[C@@H](NC(c1ccccc1)C(N)c1ccccc1)C(C)C)C(C)C)C(C)C)C(C)C)C(C)C)C(C)C. The Kier molecular flexibility index (Phi) is 20.2. The minimum absolute atomic E-state index is 0.195. The minimum atomic E-state index is -1.07. The van der Waals surface area contributed by atoms with Gasteiger partial charge in [-0.05, 0) is 46.6 Å². The number of carbonyl (C=O) groups excluding carboxylic acids is 6. The number of nitrogens with one attached hydrogen (secondary N) is 6. The van der Waals surface area contributed by atoms with Gasteiger partial charge in [-0.25, -0.2) is 4.79 Å². The molecule has 0 heterocycles. The quantitative estimate of drug-likeness (QED) is 0.0858. The number of hydrogen-bond donors (Lipinski definition) is 7. The molecule has 328 valence electrons. The number of carbonyl (C=O) groups is 6. The van der Waals surface area contributed by atoms with Gasteiger partial charge < -0.3 is 37.1 Å². The molecule has 14 nitrogen and oxygen atoms in total. The van der Waals surface area contributed by atoms with Crippen LogP contribution in [0.25, 0.3) is 0 Å². The minimum Gasteiger partial charge on any atom is -0.467 e. The number of ether oxygens (including phenoxy) is 1. The van der Waals surface area contributed by atoms with Gasteiger partial charge in [0.25, 0.3) is 0 Å². The van der Waals surface area contributed by atoms with E-state index >= 15 is 0 Å². The third-order valence-electron chi connectivity index (χ3n) is 10.4. The molecule has 14 heteroatoms. The van der Waals surface area contributed by atoms with Gasteiger partial charge in [-0.15, -0.1) is 0 Å². The highest BCUT2D eigenvalue weighted by atomic mass is 16.5. The van der Waals surface area contributed by atoms with Crippen LogP contribution in [0, 0.1) is 35.5 Å². The number of hydrogen-bond acceptors (Lipinski definition) is 9. The molecule has 2 aromatic carbocycles. The fourth-order valence-corrected chi connectivity index (χ4v) is 6.68. The van der Waals surface area contributed by atoms with Crippen LogP contribution in [-0.2, 0) is 33.5 Å². The third kappa shape index (κ3) is 14.8. The summed E-state index contributed by atoms with van der Waals surface area (Å²) in [6.45, 7) is 21.5. The van der Waals surface area contributed by atoms with E-state index in [4.69, 9.17) is 10.5 Å². The Morgan fingerprint density at radius 3 is 0.983 bits per heavy atom. The van der Waals surface area contributed by atoms with Crippen molar-refractivity contribution in [2.24, 2.45) is 41.2 Å². The van der Waals surface area contributed by atoms with Crippen molar-refractivity contribution >= 4 is 35.5 Å². The molecule has 0 saturated heterocycles. The Morgan fingerprint density at radius 1 is 0.424 bits per heavy atom. The summed E-state index contributed by atoms with van der Waals surface area (Å²) in [6, 6.07) is 12.5. The van der Waals surface area contributed by atoms with Gasteiger partial charge in [0, 0.05) is 6.04 Å². The standard InChI is InChI=1S/C45H71N7O7/c1-24(2)33(47-39(31-22-18-15-19-23-31)32(46)30-20-16-14-17-21-30)40(53)48-34(25(3)4)41(54)49-35(26(5)6)42(55)50-36(27(7)8)43(56)51-37(28(9)10)44(57)52-38(29(11)12)45(58)59-13/h14-29,32-39,47H,46H2,1-13H3,(H,48,53)(H,49,54)(H,50,55)(H,51,56)(H,52,57)/t32?,33-,34-,35-,36-,37-,38-,39?/m0/s1. The molecule has 0 aromatic heterocycles. The van der Waals surface area contributed by atoms with Crippen LogP contribution in [0.15, 0.2) is 60.7 Å². The van der Waals surface area contributed by atoms with E-state index in [0.29, 0.717) is 0 Å². The summed E-state index contributed by atoms with van der Waals surface area (Å²) in [5, 5.41) is 17.5. The molecule has 2 rings (SSSR count). The molecule has 0 bridgehead atoms. The molecule has 0 aliphatic carbocycles. The maximum atomic E-state index is 14.1. The third-order valence-corrected chi connectivity index (χ3v) is 10.4. The lowest BCUT2D eigenvalue weighted by Crippen LogP contribution is -2.62. The number of amides is 5. The highest BCUT2D eigenvalue weighted by Gasteiger charge is 2.38. The van der Waals surface area contributed by atoms with Crippen LogP contribution in [0.3, 0.4) is 0 Å². The van der Waals surface area contributed by atoms with Gasteiger partial charge >= 0.3 is 5.97 Å². The van der Waals surface area contributed by atoms with Crippen LogP contribution in [0.1, 0.15) is 106 Å². The molecule has 0 saturated carbocycles. The lowest BCUT2D eigenvalue weighted by molar-refractivity contribution is -0.147. The molecule has 5 amide bonds. The van der Waals surface area contributed by atoms with Crippen LogP contribution in [0.4, 0.5) is 0 Å². The summed E-state index contributed by atoms with van der Waals surface area (Å²) in [7, 11) is 1.24. The van der Waals surface area contributed by atoms with E-state index in [0.717, 1.165) is 11.1 Å².